The number of hydrogen-bond acceptors (Lipinski definition) is 5. The Balaban J connectivity index is 1.27. The molecule has 8 heteroatoms. The number of halogens is 2. The van der Waals surface area contributed by atoms with E-state index in [1.807, 2.05) is 42.5 Å². The van der Waals surface area contributed by atoms with E-state index in [-0.39, 0.29) is 6.42 Å². The number of benzene rings is 2. The summed E-state index contributed by atoms with van der Waals surface area (Å²) in [5, 5.41) is 14.6. The predicted molar refractivity (Wildman–Crippen MR) is 139 cm³/mol. The van der Waals surface area contributed by atoms with Crippen LogP contribution in [0.2, 0.25) is 10.0 Å². The summed E-state index contributed by atoms with van der Waals surface area (Å²) in [4.78, 5) is 15.8. The molecule has 1 aliphatic carbocycles. The van der Waals surface area contributed by atoms with Crippen LogP contribution in [0.25, 0.3) is 11.3 Å². The van der Waals surface area contributed by atoms with E-state index in [0.717, 1.165) is 79.3 Å². The first-order valence-electron chi connectivity index (χ1n) is 12.1. The molecule has 2 fully saturated rings. The molecule has 0 bridgehead atoms. The normalized spacial score (nSPS) is 18.7. The lowest BCUT2D eigenvalue weighted by molar-refractivity contribution is -0.136. The molecule has 2 aliphatic rings. The third kappa shape index (κ3) is 5.35. The first-order valence-corrected chi connectivity index (χ1v) is 12.9. The highest BCUT2D eigenvalue weighted by molar-refractivity contribution is 6.39. The third-order valence-electron chi connectivity index (χ3n) is 6.98. The number of piperazine rings is 1. The van der Waals surface area contributed by atoms with Gasteiger partial charge in [0.15, 0.2) is 0 Å². The van der Waals surface area contributed by atoms with Gasteiger partial charge in [-0.15, -0.1) is 0 Å². The van der Waals surface area contributed by atoms with Crippen LogP contribution in [0, 0.1) is 0 Å². The Labute approximate surface area is 215 Å². The van der Waals surface area contributed by atoms with Gasteiger partial charge < -0.3 is 14.5 Å². The zero-order valence-electron chi connectivity index (χ0n) is 19.7. The summed E-state index contributed by atoms with van der Waals surface area (Å²) in [6.45, 7) is 5.96. The molecule has 1 N–H and O–H groups in total. The molecule has 3 aromatic rings. The van der Waals surface area contributed by atoms with Crippen LogP contribution in [0.3, 0.4) is 0 Å². The molecule has 1 unspecified atom stereocenters. The van der Waals surface area contributed by atoms with Gasteiger partial charge in [0.05, 0.1) is 16.5 Å². The van der Waals surface area contributed by atoms with Gasteiger partial charge in [-0.2, -0.15) is 0 Å². The van der Waals surface area contributed by atoms with E-state index in [4.69, 9.17) is 32.8 Å². The minimum atomic E-state index is -0.808. The molecule has 0 spiro atoms. The van der Waals surface area contributed by atoms with Crippen LogP contribution in [0.4, 0.5) is 5.69 Å². The average molecular weight is 514 g/mol. The molecule has 6 nitrogen and oxygen atoms in total. The lowest BCUT2D eigenvalue weighted by atomic mass is 10.0. The van der Waals surface area contributed by atoms with Gasteiger partial charge in [-0.25, -0.2) is 0 Å². The van der Waals surface area contributed by atoms with Crippen molar-refractivity contribution in [2.24, 2.45) is 0 Å². The highest BCUT2D eigenvalue weighted by Crippen LogP contribution is 2.46. The molecule has 35 heavy (non-hydrogen) atoms. The monoisotopic (exact) mass is 513 g/mol. The number of rotatable bonds is 8. The highest BCUT2D eigenvalue weighted by Gasteiger charge is 2.34. The van der Waals surface area contributed by atoms with Gasteiger partial charge in [-0.3, -0.25) is 9.69 Å². The summed E-state index contributed by atoms with van der Waals surface area (Å²) in [5.41, 5.74) is 4.62. The molecule has 5 rings (SSSR count). The maximum absolute atomic E-state index is 10.9. The van der Waals surface area contributed by atoms with Crippen molar-refractivity contribution in [3.8, 4) is 11.3 Å². The first-order chi connectivity index (χ1) is 16.9. The molecule has 1 saturated carbocycles. The number of anilines is 1. The topological polar surface area (TPSA) is 69.8 Å². The van der Waals surface area contributed by atoms with Crippen molar-refractivity contribution in [3.63, 3.8) is 0 Å². The molecule has 1 aromatic heterocycles. The first kappa shape index (κ1) is 24.2. The fourth-order valence-electron chi connectivity index (χ4n) is 5.02. The number of carbonyl (C=O) groups is 1. The fourth-order valence-corrected chi connectivity index (χ4v) is 5.60. The van der Waals surface area contributed by atoms with E-state index in [1.165, 1.54) is 0 Å². The van der Waals surface area contributed by atoms with Gasteiger partial charge in [0.25, 0.3) is 0 Å². The van der Waals surface area contributed by atoms with Crippen LogP contribution in [0.15, 0.2) is 47.0 Å². The minimum absolute atomic E-state index is 0.0523. The van der Waals surface area contributed by atoms with E-state index in [9.17, 15) is 4.79 Å². The van der Waals surface area contributed by atoms with Gasteiger partial charge in [0.1, 0.15) is 11.5 Å². The molecule has 2 heterocycles. The SMILES string of the molecule is CC1CN(CCc2c(-c3c(Cl)cccc3Cl)noc2C2CC2)CCN1c1ccc(CC(=O)O)cc1. The van der Waals surface area contributed by atoms with E-state index < -0.39 is 5.97 Å². The zero-order chi connectivity index (χ0) is 24.5. The van der Waals surface area contributed by atoms with Crippen LogP contribution >= 0.6 is 23.2 Å². The minimum Gasteiger partial charge on any atom is -0.481 e. The molecule has 184 valence electrons. The van der Waals surface area contributed by atoms with Crippen LogP contribution < -0.4 is 4.90 Å². The van der Waals surface area contributed by atoms with Gasteiger partial charge >= 0.3 is 5.97 Å². The Morgan fingerprint density at radius 3 is 2.46 bits per heavy atom. The van der Waals surface area contributed by atoms with Gasteiger partial charge in [0, 0.05) is 55.0 Å². The predicted octanol–water partition coefficient (Wildman–Crippen LogP) is 5.91. The molecule has 1 atom stereocenters. The van der Waals surface area contributed by atoms with Crippen molar-refractivity contribution in [3.05, 3.63) is 69.4 Å². The maximum atomic E-state index is 10.9. The van der Waals surface area contributed by atoms with E-state index in [0.29, 0.717) is 22.0 Å². The number of aromatic nitrogens is 1. The van der Waals surface area contributed by atoms with Gasteiger partial charge in [0.2, 0.25) is 0 Å². The Kier molecular flexibility index (Phi) is 7.05. The third-order valence-corrected chi connectivity index (χ3v) is 7.61. The lowest BCUT2D eigenvalue weighted by Crippen LogP contribution is -2.52. The molecule has 0 radical (unpaired) electrons. The Morgan fingerprint density at radius 2 is 1.83 bits per heavy atom. The lowest BCUT2D eigenvalue weighted by Gasteiger charge is -2.41. The number of aliphatic carboxylic acids is 1. The Hall–Kier alpha value is -2.54. The molecule has 1 saturated heterocycles. The van der Waals surface area contributed by atoms with Crippen molar-refractivity contribution in [2.45, 2.75) is 44.6 Å². The smallest absolute Gasteiger partial charge is 0.307 e. The number of hydrogen-bond donors (Lipinski definition) is 1. The number of carboxylic acids is 1. The summed E-state index contributed by atoms with van der Waals surface area (Å²) in [6.07, 6.45) is 3.16. The van der Waals surface area contributed by atoms with Crippen molar-refractivity contribution in [1.29, 1.82) is 0 Å². The van der Waals surface area contributed by atoms with E-state index in [2.05, 4.69) is 21.9 Å². The molecule has 0 amide bonds. The second-order valence-corrected chi connectivity index (χ2v) is 10.4. The van der Waals surface area contributed by atoms with Crippen LogP contribution in [0.1, 0.15) is 42.6 Å². The standard InChI is InChI=1S/C27H29Cl2N3O3/c1-17-16-31(13-14-32(17)20-9-5-18(6-10-20)15-24(33)34)12-11-21-26(30-35-27(21)19-7-8-19)25-22(28)3-2-4-23(25)29/h2-6,9-10,17,19H,7-8,11-16H2,1H3,(H,33,34). The summed E-state index contributed by atoms with van der Waals surface area (Å²) >= 11 is 13.0. The molecule has 2 aromatic carbocycles. The summed E-state index contributed by atoms with van der Waals surface area (Å²) < 4.78 is 5.82. The second kappa shape index (κ2) is 10.2. The largest absolute Gasteiger partial charge is 0.481 e. The van der Waals surface area contributed by atoms with Crippen LogP contribution in [-0.4, -0.2) is 53.4 Å². The number of carboxylic acid groups (broad SMARTS) is 1. The Morgan fingerprint density at radius 1 is 1.11 bits per heavy atom. The van der Waals surface area contributed by atoms with Crippen molar-refractivity contribution < 1.29 is 14.4 Å². The van der Waals surface area contributed by atoms with Gasteiger partial charge in [-0.05, 0) is 56.0 Å². The van der Waals surface area contributed by atoms with Crippen molar-refractivity contribution in [2.75, 3.05) is 31.1 Å². The number of nitrogens with zero attached hydrogens (tertiary/aromatic N) is 3. The quantitative estimate of drug-likeness (QED) is 0.403. The molecular formula is C27H29Cl2N3O3. The molecule has 1 aliphatic heterocycles. The summed E-state index contributed by atoms with van der Waals surface area (Å²) in [5.74, 6) is 0.633. The maximum Gasteiger partial charge on any atom is 0.307 e. The van der Waals surface area contributed by atoms with E-state index >= 15 is 0 Å². The summed E-state index contributed by atoms with van der Waals surface area (Å²) in [7, 11) is 0. The van der Waals surface area contributed by atoms with E-state index in [1.54, 1.807) is 0 Å². The second-order valence-electron chi connectivity index (χ2n) is 9.57. The fraction of sp³-hybridized carbons (Fsp3) is 0.407. The highest BCUT2D eigenvalue weighted by atomic mass is 35.5. The average Bonchev–Trinajstić information content (AvgIpc) is 3.58. The zero-order valence-corrected chi connectivity index (χ0v) is 21.2. The summed E-state index contributed by atoms with van der Waals surface area (Å²) in [6, 6.07) is 13.8. The van der Waals surface area contributed by atoms with Crippen LogP contribution in [0.5, 0.6) is 0 Å². The van der Waals surface area contributed by atoms with Crippen molar-refractivity contribution in [1.82, 2.24) is 10.1 Å². The Bertz CT molecular complexity index is 1190. The van der Waals surface area contributed by atoms with Crippen molar-refractivity contribution >= 4 is 34.9 Å². The van der Waals surface area contributed by atoms with Crippen LogP contribution in [-0.2, 0) is 17.6 Å². The van der Waals surface area contributed by atoms with Gasteiger partial charge in [-0.1, -0.05) is 46.6 Å². The molecular weight excluding hydrogens is 485 g/mol.